The van der Waals surface area contributed by atoms with Crippen LogP contribution < -0.4 is 15.2 Å². The van der Waals surface area contributed by atoms with Gasteiger partial charge in [-0.05, 0) is 61.0 Å². The molecule has 0 saturated carbocycles. The van der Waals surface area contributed by atoms with Gasteiger partial charge in [-0.1, -0.05) is 12.1 Å². The Kier molecular flexibility index (Phi) is 8.32. The Hall–Kier alpha value is -3.52. The maximum atomic E-state index is 13.9. The van der Waals surface area contributed by atoms with Gasteiger partial charge >= 0.3 is 0 Å². The molecular weight excluding hydrogens is 433 g/mol. The molecule has 0 aliphatic rings. The Morgan fingerprint density at radius 1 is 0.939 bits per heavy atom. The lowest BCUT2D eigenvalue weighted by molar-refractivity contribution is 0.0741. The molecule has 2 N–H and O–H groups in total. The van der Waals surface area contributed by atoms with E-state index in [1.807, 2.05) is 0 Å². The number of ether oxygens (including phenoxy) is 2. The van der Waals surface area contributed by atoms with Crippen LogP contribution >= 0.6 is 0 Å². The lowest BCUT2D eigenvalue weighted by Gasteiger charge is -2.23. The normalized spacial score (nSPS) is 10.7. The predicted molar refractivity (Wildman–Crippen MR) is 118 cm³/mol. The molecule has 0 heterocycles. The quantitative estimate of drug-likeness (QED) is 0.479. The number of amides is 1. The number of nitrogens with zero attached hydrogens (tertiary/aromatic N) is 1. The van der Waals surface area contributed by atoms with Crippen molar-refractivity contribution in [3.05, 3.63) is 94.8 Å². The van der Waals surface area contributed by atoms with Crippen LogP contribution in [0.4, 0.5) is 13.2 Å². The zero-order chi connectivity index (χ0) is 23.8. The van der Waals surface area contributed by atoms with Gasteiger partial charge in [-0.2, -0.15) is 0 Å². The molecule has 0 saturated heterocycles. The van der Waals surface area contributed by atoms with Crippen molar-refractivity contribution >= 4 is 5.91 Å². The minimum absolute atomic E-state index is 0.136. The molecule has 0 aliphatic heterocycles. The zero-order valence-corrected chi connectivity index (χ0v) is 18.2. The van der Waals surface area contributed by atoms with Crippen LogP contribution in [0.3, 0.4) is 0 Å². The molecular formula is C25H25F3N2O3. The van der Waals surface area contributed by atoms with Crippen LogP contribution in [-0.2, 0) is 13.2 Å². The first-order valence-electron chi connectivity index (χ1n) is 10.4. The van der Waals surface area contributed by atoms with Crippen molar-refractivity contribution in [2.45, 2.75) is 19.6 Å². The van der Waals surface area contributed by atoms with Gasteiger partial charge in [0.1, 0.15) is 24.1 Å². The predicted octanol–water partition coefficient (Wildman–Crippen LogP) is 4.68. The Morgan fingerprint density at radius 2 is 1.67 bits per heavy atom. The van der Waals surface area contributed by atoms with E-state index in [9.17, 15) is 18.0 Å². The van der Waals surface area contributed by atoms with Crippen LogP contribution in [-0.4, -0.2) is 31.0 Å². The summed E-state index contributed by atoms with van der Waals surface area (Å²) in [4.78, 5) is 14.8. The Balaban J connectivity index is 1.76. The van der Waals surface area contributed by atoms with Crippen LogP contribution in [0.5, 0.6) is 11.5 Å². The van der Waals surface area contributed by atoms with E-state index >= 15 is 0 Å². The van der Waals surface area contributed by atoms with Crippen LogP contribution in [0.25, 0.3) is 0 Å². The fourth-order valence-electron chi connectivity index (χ4n) is 3.24. The van der Waals surface area contributed by atoms with Crippen molar-refractivity contribution in [3.8, 4) is 11.5 Å². The third-order valence-electron chi connectivity index (χ3n) is 5.01. The van der Waals surface area contributed by atoms with Gasteiger partial charge in [-0.25, -0.2) is 13.2 Å². The first-order valence-corrected chi connectivity index (χ1v) is 10.4. The van der Waals surface area contributed by atoms with E-state index in [0.29, 0.717) is 43.1 Å². The topological polar surface area (TPSA) is 64.8 Å². The van der Waals surface area contributed by atoms with Gasteiger partial charge in [0.05, 0.1) is 7.11 Å². The van der Waals surface area contributed by atoms with Crippen molar-refractivity contribution < 1.29 is 27.4 Å². The number of halogens is 3. The number of carbonyl (C=O) groups is 1. The van der Waals surface area contributed by atoms with Gasteiger partial charge in [0.2, 0.25) is 0 Å². The monoisotopic (exact) mass is 458 g/mol. The molecule has 0 aliphatic carbocycles. The summed E-state index contributed by atoms with van der Waals surface area (Å²) in [6.07, 6.45) is 0.606. The molecule has 3 aromatic rings. The summed E-state index contributed by atoms with van der Waals surface area (Å²) in [7, 11) is 1.43. The van der Waals surface area contributed by atoms with Gasteiger partial charge in [0.15, 0.2) is 11.5 Å². The summed E-state index contributed by atoms with van der Waals surface area (Å²) >= 11 is 0. The summed E-state index contributed by atoms with van der Waals surface area (Å²) in [5, 5.41) is 0. The zero-order valence-electron chi connectivity index (χ0n) is 18.2. The number of rotatable bonds is 10. The third kappa shape index (κ3) is 6.49. The summed E-state index contributed by atoms with van der Waals surface area (Å²) in [6, 6.07) is 13.9. The summed E-state index contributed by atoms with van der Waals surface area (Å²) < 4.78 is 51.2. The average Bonchev–Trinajstić information content (AvgIpc) is 2.82. The van der Waals surface area contributed by atoms with Crippen LogP contribution in [0, 0.1) is 17.5 Å². The van der Waals surface area contributed by atoms with Crippen LogP contribution in [0.15, 0.2) is 60.7 Å². The van der Waals surface area contributed by atoms with Gasteiger partial charge in [0, 0.05) is 30.3 Å². The minimum Gasteiger partial charge on any atom is -0.493 e. The first kappa shape index (κ1) is 24.1. The van der Waals surface area contributed by atoms with E-state index in [1.165, 1.54) is 25.3 Å². The van der Waals surface area contributed by atoms with Gasteiger partial charge in [0.25, 0.3) is 5.91 Å². The molecule has 0 bridgehead atoms. The fraction of sp³-hybridized carbons (Fsp3) is 0.240. The van der Waals surface area contributed by atoms with Gasteiger partial charge < -0.3 is 20.1 Å². The highest BCUT2D eigenvalue weighted by Gasteiger charge is 2.18. The number of nitrogens with two attached hydrogens (primary N) is 1. The van der Waals surface area contributed by atoms with Crippen molar-refractivity contribution in [2.24, 2.45) is 5.73 Å². The highest BCUT2D eigenvalue weighted by Crippen LogP contribution is 2.30. The summed E-state index contributed by atoms with van der Waals surface area (Å²) in [6.45, 7) is 1.01. The Labute approximate surface area is 190 Å². The van der Waals surface area contributed by atoms with Crippen LogP contribution in [0.1, 0.15) is 27.9 Å². The van der Waals surface area contributed by atoms with E-state index in [1.54, 1.807) is 35.2 Å². The maximum Gasteiger partial charge on any atom is 0.254 e. The molecule has 0 aromatic heterocycles. The van der Waals surface area contributed by atoms with E-state index in [0.717, 1.165) is 17.7 Å². The molecule has 0 spiro atoms. The maximum absolute atomic E-state index is 13.9. The molecule has 0 radical (unpaired) electrons. The Bertz CT molecular complexity index is 1090. The molecule has 1 amide bonds. The molecule has 33 heavy (non-hydrogen) atoms. The molecule has 3 aromatic carbocycles. The van der Waals surface area contributed by atoms with Crippen molar-refractivity contribution in [3.63, 3.8) is 0 Å². The number of hydrogen-bond acceptors (Lipinski definition) is 4. The standard InChI is InChI=1S/C25H25F3N2O3/c1-32-24-13-18(6-10-23(24)33-16-19-5-9-21(27)14-22(19)28)25(31)30(12-2-11-29)15-17-3-7-20(26)8-4-17/h3-10,13-14H,2,11-12,15-16,29H2,1H3. The first-order chi connectivity index (χ1) is 15.9. The van der Waals surface area contributed by atoms with E-state index in [2.05, 4.69) is 0 Å². The largest absolute Gasteiger partial charge is 0.493 e. The molecule has 0 fully saturated rings. The van der Waals surface area contributed by atoms with Crippen molar-refractivity contribution in [1.82, 2.24) is 4.90 Å². The second-order valence-electron chi connectivity index (χ2n) is 7.39. The molecule has 8 heteroatoms. The second kappa shape index (κ2) is 11.4. The number of hydrogen-bond donors (Lipinski definition) is 1. The SMILES string of the molecule is COc1cc(C(=O)N(CCCN)Cc2ccc(F)cc2)ccc1OCc1ccc(F)cc1F. The highest BCUT2D eigenvalue weighted by molar-refractivity contribution is 5.95. The second-order valence-corrected chi connectivity index (χ2v) is 7.39. The van der Waals surface area contributed by atoms with Gasteiger partial charge in [-0.3, -0.25) is 4.79 Å². The van der Waals surface area contributed by atoms with E-state index < -0.39 is 11.6 Å². The average molecular weight is 458 g/mol. The fourth-order valence-corrected chi connectivity index (χ4v) is 3.24. The summed E-state index contributed by atoms with van der Waals surface area (Å²) in [5.41, 5.74) is 6.96. The van der Waals surface area contributed by atoms with Crippen molar-refractivity contribution in [1.29, 1.82) is 0 Å². The highest BCUT2D eigenvalue weighted by atomic mass is 19.1. The third-order valence-corrected chi connectivity index (χ3v) is 5.01. The Morgan fingerprint density at radius 3 is 2.33 bits per heavy atom. The molecule has 0 atom stereocenters. The van der Waals surface area contributed by atoms with Crippen LogP contribution in [0.2, 0.25) is 0 Å². The minimum atomic E-state index is -0.711. The van der Waals surface area contributed by atoms with E-state index in [-0.39, 0.29) is 23.9 Å². The molecule has 0 unspecified atom stereocenters. The number of methoxy groups -OCH3 is 1. The lowest BCUT2D eigenvalue weighted by atomic mass is 10.1. The smallest absolute Gasteiger partial charge is 0.254 e. The number of carbonyl (C=O) groups excluding carboxylic acids is 1. The lowest BCUT2D eigenvalue weighted by Crippen LogP contribution is -2.32. The van der Waals surface area contributed by atoms with Crippen molar-refractivity contribution in [2.75, 3.05) is 20.2 Å². The van der Waals surface area contributed by atoms with Gasteiger partial charge in [-0.15, -0.1) is 0 Å². The molecule has 3 rings (SSSR count). The molecule has 174 valence electrons. The van der Waals surface area contributed by atoms with E-state index in [4.69, 9.17) is 15.2 Å². The molecule has 5 nitrogen and oxygen atoms in total. The number of benzene rings is 3. The summed E-state index contributed by atoms with van der Waals surface area (Å²) in [5.74, 6) is -1.37.